The average molecular weight is 296 g/mol. The summed E-state index contributed by atoms with van der Waals surface area (Å²) in [6, 6.07) is 5.15. The molecule has 2 aromatic rings. The molecule has 0 fully saturated rings. The first-order chi connectivity index (χ1) is 9.19. The first kappa shape index (κ1) is 13.6. The van der Waals surface area contributed by atoms with Gasteiger partial charge in [-0.2, -0.15) is 10.1 Å². The van der Waals surface area contributed by atoms with Crippen LogP contribution in [0.25, 0.3) is 0 Å². The van der Waals surface area contributed by atoms with E-state index >= 15 is 0 Å². The van der Waals surface area contributed by atoms with Gasteiger partial charge in [-0.05, 0) is 18.2 Å². The molecule has 0 saturated heterocycles. The van der Waals surface area contributed by atoms with Crippen LogP contribution in [0.1, 0.15) is 0 Å². The maximum absolute atomic E-state index is 6.06. The van der Waals surface area contributed by atoms with Gasteiger partial charge in [0, 0.05) is 11.6 Å². The smallest absolute Gasteiger partial charge is 0.244 e. The Kier molecular flexibility index (Phi) is 4.54. The van der Waals surface area contributed by atoms with Crippen LogP contribution in [0.2, 0.25) is 10.0 Å². The molecule has 0 spiro atoms. The van der Waals surface area contributed by atoms with Gasteiger partial charge in [-0.15, -0.1) is 11.7 Å². The summed E-state index contributed by atoms with van der Waals surface area (Å²) in [6.07, 6.45) is 3.21. The molecule has 2 rings (SSSR count). The first-order valence-corrected chi connectivity index (χ1v) is 6.21. The van der Waals surface area contributed by atoms with Crippen LogP contribution in [0.3, 0.4) is 0 Å². The Morgan fingerprint density at radius 3 is 2.89 bits per heavy atom. The van der Waals surface area contributed by atoms with E-state index in [0.29, 0.717) is 34.0 Å². The molecule has 19 heavy (non-hydrogen) atoms. The Hall–Kier alpha value is -1.85. The largest absolute Gasteiger partial charge is 0.349 e. The fraction of sp³-hybridized carbons (Fsp3) is 0.0833. The van der Waals surface area contributed by atoms with Crippen molar-refractivity contribution in [2.24, 2.45) is 0 Å². The van der Waals surface area contributed by atoms with Crippen LogP contribution in [0.5, 0.6) is 0 Å². The van der Waals surface area contributed by atoms with Crippen molar-refractivity contribution in [2.45, 2.75) is 0 Å². The Bertz CT molecular complexity index is 588. The minimum atomic E-state index is 0.412. The lowest BCUT2D eigenvalue weighted by atomic mass is 10.3. The normalized spacial score (nSPS) is 10.0. The molecule has 7 heteroatoms. The van der Waals surface area contributed by atoms with E-state index in [0.717, 1.165) is 0 Å². The molecule has 98 valence electrons. The van der Waals surface area contributed by atoms with Crippen molar-refractivity contribution in [2.75, 3.05) is 17.2 Å². The molecule has 1 aromatic heterocycles. The first-order valence-electron chi connectivity index (χ1n) is 5.45. The summed E-state index contributed by atoms with van der Waals surface area (Å²) < 4.78 is 0. The second-order valence-corrected chi connectivity index (χ2v) is 4.43. The highest BCUT2D eigenvalue weighted by atomic mass is 35.5. The van der Waals surface area contributed by atoms with Crippen LogP contribution in [0, 0.1) is 0 Å². The number of halogens is 2. The van der Waals surface area contributed by atoms with Crippen molar-refractivity contribution >= 4 is 40.7 Å². The van der Waals surface area contributed by atoms with Gasteiger partial charge in [-0.25, -0.2) is 0 Å². The van der Waals surface area contributed by atoms with Gasteiger partial charge in [0.05, 0.1) is 16.9 Å². The van der Waals surface area contributed by atoms with Gasteiger partial charge in [-0.1, -0.05) is 29.3 Å². The van der Waals surface area contributed by atoms with Crippen molar-refractivity contribution in [3.8, 4) is 0 Å². The van der Waals surface area contributed by atoms with Gasteiger partial charge < -0.3 is 10.6 Å². The zero-order chi connectivity index (χ0) is 13.7. The lowest BCUT2D eigenvalue weighted by molar-refractivity contribution is 0.968. The fourth-order valence-corrected chi connectivity index (χ4v) is 1.79. The van der Waals surface area contributed by atoms with E-state index in [-0.39, 0.29) is 0 Å². The molecule has 0 aliphatic carbocycles. The van der Waals surface area contributed by atoms with Crippen LogP contribution < -0.4 is 10.6 Å². The Morgan fingerprint density at radius 2 is 2.16 bits per heavy atom. The molecule has 0 atom stereocenters. The van der Waals surface area contributed by atoms with Gasteiger partial charge in [0.1, 0.15) is 0 Å². The van der Waals surface area contributed by atoms with Crippen LogP contribution in [0.4, 0.5) is 17.5 Å². The summed E-state index contributed by atoms with van der Waals surface area (Å²) in [4.78, 5) is 4.23. The lowest BCUT2D eigenvalue weighted by Crippen LogP contribution is -2.06. The van der Waals surface area contributed by atoms with Crippen molar-refractivity contribution in [3.05, 3.63) is 47.1 Å². The Morgan fingerprint density at radius 1 is 1.32 bits per heavy atom. The number of aromatic nitrogens is 3. The quantitative estimate of drug-likeness (QED) is 0.827. The number of hydrogen-bond donors (Lipinski definition) is 2. The lowest BCUT2D eigenvalue weighted by Gasteiger charge is -2.08. The van der Waals surface area contributed by atoms with Gasteiger partial charge in [-0.3, -0.25) is 0 Å². The second kappa shape index (κ2) is 6.36. The third-order valence-electron chi connectivity index (χ3n) is 2.16. The van der Waals surface area contributed by atoms with Crippen molar-refractivity contribution < 1.29 is 0 Å². The zero-order valence-corrected chi connectivity index (χ0v) is 11.4. The molecule has 5 nitrogen and oxygen atoms in total. The summed E-state index contributed by atoms with van der Waals surface area (Å²) in [5.74, 6) is 0.945. The standard InChI is InChI=1S/C12H11Cl2N5/c1-2-5-15-12-18-11(7-16-19-12)17-10-4-3-8(13)6-9(10)14/h2-4,6-7H,1,5H2,(H2,15,17,18,19). The highest BCUT2D eigenvalue weighted by molar-refractivity contribution is 6.36. The second-order valence-electron chi connectivity index (χ2n) is 3.58. The molecule has 0 amide bonds. The molecular weight excluding hydrogens is 285 g/mol. The molecule has 0 unspecified atom stereocenters. The summed E-state index contributed by atoms with van der Waals surface area (Å²) in [5.41, 5.74) is 0.696. The van der Waals surface area contributed by atoms with E-state index in [2.05, 4.69) is 32.4 Å². The molecule has 1 heterocycles. The number of rotatable bonds is 5. The van der Waals surface area contributed by atoms with Crippen molar-refractivity contribution in [1.29, 1.82) is 0 Å². The molecule has 2 N–H and O–H groups in total. The number of hydrogen-bond acceptors (Lipinski definition) is 5. The summed E-state index contributed by atoms with van der Waals surface area (Å²) >= 11 is 11.9. The SMILES string of the molecule is C=CCNc1nncc(Nc2ccc(Cl)cc2Cl)n1. The zero-order valence-electron chi connectivity index (χ0n) is 9.90. The molecule has 0 aliphatic rings. The minimum absolute atomic E-state index is 0.412. The monoisotopic (exact) mass is 295 g/mol. The van der Waals surface area contributed by atoms with E-state index < -0.39 is 0 Å². The molecule has 0 saturated carbocycles. The number of nitrogens with zero attached hydrogens (tertiary/aromatic N) is 3. The number of anilines is 3. The van der Waals surface area contributed by atoms with Gasteiger partial charge in [0.25, 0.3) is 0 Å². The highest BCUT2D eigenvalue weighted by Gasteiger charge is 2.04. The van der Waals surface area contributed by atoms with E-state index in [4.69, 9.17) is 23.2 Å². The fourth-order valence-electron chi connectivity index (χ4n) is 1.33. The van der Waals surface area contributed by atoms with Crippen LogP contribution in [-0.2, 0) is 0 Å². The van der Waals surface area contributed by atoms with Crippen molar-refractivity contribution in [3.63, 3.8) is 0 Å². The molecule has 0 radical (unpaired) electrons. The van der Waals surface area contributed by atoms with Gasteiger partial charge in [0.15, 0.2) is 5.82 Å². The summed E-state index contributed by atoms with van der Waals surface area (Å²) in [5, 5.41) is 14.8. The summed E-state index contributed by atoms with van der Waals surface area (Å²) in [6.45, 7) is 4.16. The third kappa shape index (κ3) is 3.81. The van der Waals surface area contributed by atoms with Gasteiger partial charge in [0.2, 0.25) is 5.95 Å². The predicted molar refractivity (Wildman–Crippen MR) is 78.3 cm³/mol. The molecule has 1 aromatic carbocycles. The number of nitrogens with one attached hydrogen (secondary N) is 2. The van der Waals surface area contributed by atoms with Gasteiger partial charge >= 0.3 is 0 Å². The van der Waals surface area contributed by atoms with E-state index in [1.54, 1.807) is 24.3 Å². The molecule has 0 bridgehead atoms. The third-order valence-corrected chi connectivity index (χ3v) is 2.71. The highest BCUT2D eigenvalue weighted by Crippen LogP contribution is 2.27. The van der Waals surface area contributed by atoms with Crippen LogP contribution >= 0.6 is 23.2 Å². The van der Waals surface area contributed by atoms with E-state index in [1.165, 1.54) is 6.20 Å². The maximum Gasteiger partial charge on any atom is 0.244 e. The Balaban J connectivity index is 2.16. The average Bonchev–Trinajstić information content (AvgIpc) is 2.40. The number of benzene rings is 1. The Labute approximate surface area is 120 Å². The van der Waals surface area contributed by atoms with Crippen molar-refractivity contribution in [1.82, 2.24) is 15.2 Å². The van der Waals surface area contributed by atoms with Crippen LogP contribution in [0.15, 0.2) is 37.1 Å². The minimum Gasteiger partial charge on any atom is -0.349 e. The van der Waals surface area contributed by atoms with E-state index in [1.807, 2.05) is 0 Å². The maximum atomic E-state index is 6.06. The van der Waals surface area contributed by atoms with E-state index in [9.17, 15) is 0 Å². The summed E-state index contributed by atoms with van der Waals surface area (Å²) in [7, 11) is 0. The molecular formula is C12H11Cl2N5. The topological polar surface area (TPSA) is 62.7 Å². The van der Waals surface area contributed by atoms with Crippen LogP contribution in [-0.4, -0.2) is 21.7 Å². The molecule has 0 aliphatic heterocycles. The predicted octanol–water partition coefficient (Wildman–Crippen LogP) is 3.52.